The minimum atomic E-state index is -0.498. The second kappa shape index (κ2) is 4.96. The van der Waals surface area contributed by atoms with Gasteiger partial charge >= 0.3 is 0 Å². The third kappa shape index (κ3) is 1.95. The number of ketones is 2. The van der Waals surface area contributed by atoms with Crippen LogP contribution in [0, 0.1) is 13.8 Å². The molecule has 0 saturated carbocycles. The number of aryl methyl sites for hydroxylation is 2. The number of allylic oxidation sites excluding steroid dienone is 1. The van der Waals surface area contributed by atoms with E-state index in [0.717, 1.165) is 11.1 Å². The highest BCUT2D eigenvalue weighted by Gasteiger charge is 2.38. The summed E-state index contributed by atoms with van der Waals surface area (Å²) in [5, 5.41) is 31.0. The van der Waals surface area contributed by atoms with Crippen molar-refractivity contribution < 1.29 is 24.9 Å². The first-order valence-electron chi connectivity index (χ1n) is 8.02. The van der Waals surface area contributed by atoms with Gasteiger partial charge in [0.1, 0.15) is 11.5 Å². The van der Waals surface area contributed by atoms with Crippen molar-refractivity contribution in [2.24, 2.45) is 0 Å². The fourth-order valence-electron chi connectivity index (χ4n) is 3.60. The maximum absolute atomic E-state index is 13.0. The largest absolute Gasteiger partial charge is 0.512 e. The first kappa shape index (κ1) is 15.4. The van der Waals surface area contributed by atoms with Crippen LogP contribution >= 0.6 is 0 Å². The van der Waals surface area contributed by atoms with Crippen LogP contribution < -0.4 is 0 Å². The second-order valence-corrected chi connectivity index (χ2v) is 6.62. The molecule has 0 unspecified atom stereocenters. The number of phenols is 2. The van der Waals surface area contributed by atoms with E-state index >= 15 is 0 Å². The monoisotopic (exact) mass is 336 g/mol. The Hall–Kier alpha value is -3.08. The van der Waals surface area contributed by atoms with E-state index in [1.165, 1.54) is 6.08 Å². The number of aliphatic hydroxyl groups excluding tert-OH is 1. The molecule has 2 aliphatic rings. The molecule has 0 atom stereocenters. The summed E-state index contributed by atoms with van der Waals surface area (Å²) in [6.45, 7) is 3.69. The quantitative estimate of drug-likeness (QED) is 0.547. The Morgan fingerprint density at radius 1 is 0.800 bits per heavy atom. The van der Waals surface area contributed by atoms with Crippen molar-refractivity contribution in [1.29, 1.82) is 0 Å². The van der Waals surface area contributed by atoms with Gasteiger partial charge in [0, 0.05) is 28.7 Å². The van der Waals surface area contributed by atoms with Crippen LogP contribution in [-0.4, -0.2) is 26.9 Å². The predicted molar refractivity (Wildman–Crippen MR) is 91.5 cm³/mol. The summed E-state index contributed by atoms with van der Waals surface area (Å²) < 4.78 is 0. The first-order valence-corrected chi connectivity index (χ1v) is 8.02. The van der Waals surface area contributed by atoms with Crippen LogP contribution in [0.4, 0.5) is 0 Å². The molecule has 5 heteroatoms. The van der Waals surface area contributed by atoms with Gasteiger partial charge in [0.25, 0.3) is 0 Å². The molecule has 2 aromatic carbocycles. The molecule has 0 aromatic heterocycles. The van der Waals surface area contributed by atoms with Crippen LogP contribution in [0.2, 0.25) is 0 Å². The number of aromatic hydroxyl groups is 2. The van der Waals surface area contributed by atoms with Gasteiger partial charge < -0.3 is 15.3 Å². The lowest BCUT2D eigenvalue weighted by atomic mass is 9.78. The molecule has 126 valence electrons. The average Bonchev–Trinajstić information content (AvgIpc) is 2.57. The number of fused-ring (bicyclic) bond motifs is 3. The van der Waals surface area contributed by atoms with Crippen molar-refractivity contribution in [2.45, 2.75) is 26.7 Å². The van der Waals surface area contributed by atoms with Crippen LogP contribution in [0.5, 0.6) is 11.5 Å². The van der Waals surface area contributed by atoms with Gasteiger partial charge in [0.15, 0.2) is 11.6 Å². The molecule has 3 N–H and O–H groups in total. The number of hydrogen-bond acceptors (Lipinski definition) is 5. The summed E-state index contributed by atoms with van der Waals surface area (Å²) in [6.07, 6.45) is 1.92. The van der Waals surface area contributed by atoms with Gasteiger partial charge in [-0.1, -0.05) is 0 Å². The fourth-order valence-corrected chi connectivity index (χ4v) is 3.60. The number of aliphatic hydroxyl groups is 1. The first-order chi connectivity index (χ1) is 11.8. The molecule has 25 heavy (non-hydrogen) atoms. The summed E-state index contributed by atoms with van der Waals surface area (Å²) in [7, 11) is 0. The van der Waals surface area contributed by atoms with Crippen molar-refractivity contribution in [3.05, 3.63) is 62.4 Å². The summed E-state index contributed by atoms with van der Waals surface area (Å²) >= 11 is 0. The van der Waals surface area contributed by atoms with Gasteiger partial charge in [0.2, 0.25) is 0 Å². The fraction of sp³-hybridized carbons (Fsp3) is 0.200. The van der Waals surface area contributed by atoms with Crippen molar-refractivity contribution in [1.82, 2.24) is 0 Å². The Bertz CT molecular complexity index is 1030. The zero-order valence-electron chi connectivity index (χ0n) is 13.8. The number of benzene rings is 2. The molecule has 0 fully saturated rings. The topological polar surface area (TPSA) is 94.8 Å². The third-order valence-electron chi connectivity index (χ3n) is 5.11. The molecule has 2 aliphatic carbocycles. The highest BCUT2D eigenvalue weighted by atomic mass is 16.3. The molecule has 0 heterocycles. The average molecular weight is 336 g/mol. The Morgan fingerprint density at radius 3 is 1.88 bits per heavy atom. The molecule has 0 spiro atoms. The van der Waals surface area contributed by atoms with Crippen molar-refractivity contribution in [3.8, 4) is 11.5 Å². The molecule has 4 rings (SSSR count). The molecule has 0 saturated heterocycles. The summed E-state index contributed by atoms with van der Waals surface area (Å²) in [6, 6.07) is 3.28. The van der Waals surface area contributed by atoms with E-state index in [2.05, 4.69) is 0 Å². The van der Waals surface area contributed by atoms with Crippen molar-refractivity contribution in [3.63, 3.8) is 0 Å². The van der Waals surface area contributed by atoms with Gasteiger partial charge in [0.05, 0.1) is 16.9 Å². The van der Waals surface area contributed by atoms with Gasteiger partial charge in [-0.2, -0.15) is 0 Å². The van der Waals surface area contributed by atoms with E-state index in [9.17, 15) is 24.9 Å². The van der Waals surface area contributed by atoms with E-state index in [-0.39, 0.29) is 51.5 Å². The number of rotatable bonds is 0. The second-order valence-electron chi connectivity index (χ2n) is 6.62. The molecular weight excluding hydrogens is 320 g/mol. The van der Waals surface area contributed by atoms with Gasteiger partial charge in [-0.25, -0.2) is 0 Å². The minimum absolute atomic E-state index is 0.0589. The van der Waals surface area contributed by atoms with Crippen LogP contribution in [-0.2, 0) is 6.42 Å². The van der Waals surface area contributed by atoms with E-state index in [0.29, 0.717) is 12.0 Å². The Morgan fingerprint density at radius 2 is 1.32 bits per heavy atom. The maximum atomic E-state index is 13.0. The van der Waals surface area contributed by atoms with E-state index < -0.39 is 11.6 Å². The predicted octanol–water partition coefficient (Wildman–Crippen LogP) is 3.34. The lowest BCUT2D eigenvalue weighted by Crippen LogP contribution is -2.23. The smallest absolute Gasteiger partial charge is 0.198 e. The lowest BCUT2D eigenvalue weighted by Gasteiger charge is -2.25. The van der Waals surface area contributed by atoms with E-state index in [1.807, 2.05) is 13.8 Å². The standard InChI is InChI=1S/C20H16O5/c1-8-5-12-13(6-9(8)2)19(24)16-15(18(12)23)17(22)11-4-3-10(21)7-14(11)20(16)25/h5-7,21-22,25H,3-4H2,1-2H3. The minimum Gasteiger partial charge on any atom is -0.512 e. The summed E-state index contributed by atoms with van der Waals surface area (Å²) in [5.74, 6) is -1.56. The van der Waals surface area contributed by atoms with Gasteiger partial charge in [-0.3, -0.25) is 9.59 Å². The van der Waals surface area contributed by atoms with Gasteiger partial charge in [-0.05, 0) is 49.6 Å². The van der Waals surface area contributed by atoms with Gasteiger partial charge in [-0.15, -0.1) is 0 Å². The zero-order valence-corrected chi connectivity index (χ0v) is 13.8. The zero-order chi connectivity index (χ0) is 18.0. The normalized spacial score (nSPS) is 15.4. The summed E-state index contributed by atoms with van der Waals surface area (Å²) in [5.41, 5.74) is 2.44. The Balaban J connectivity index is 2.09. The molecule has 0 radical (unpaired) electrons. The Labute approximate surface area is 143 Å². The number of carbonyl (C=O) groups excluding carboxylic acids is 2. The molecule has 5 nitrogen and oxygen atoms in total. The maximum Gasteiger partial charge on any atom is 0.198 e. The van der Waals surface area contributed by atoms with Crippen LogP contribution in [0.1, 0.15) is 60.5 Å². The molecular formula is C20H16O5. The van der Waals surface area contributed by atoms with Crippen LogP contribution in [0.15, 0.2) is 17.9 Å². The third-order valence-corrected chi connectivity index (χ3v) is 5.11. The Kier molecular flexibility index (Phi) is 3.06. The number of carbonyl (C=O) groups is 2. The highest BCUT2D eigenvalue weighted by molar-refractivity contribution is 6.30. The highest BCUT2D eigenvalue weighted by Crippen LogP contribution is 2.45. The van der Waals surface area contributed by atoms with E-state index in [1.54, 1.807) is 12.1 Å². The lowest BCUT2D eigenvalue weighted by molar-refractivity contribution is 0.0973. The van der Waals surface area contributed by atoms with Crippen molar-refractivity contribution >= 4 is 17.6 Å². The van der Waals surface area contributed by atoms with E-state index in [4.69, 9.17) is 0 Å². The SMILES string of the molecule is Cc1cc2c(cc1C)C(=O)c1c(O)c3c(c(O)c1C2=O)C=C(O)CC3. The molecule has 2 aromatic rings. The van der Waals surface area contributed by atoms with Crippen molar-refractivity contribution in [2.75, 3.05) is 0 Å². The number of phenolic OH excluding ortho intramolecular Hbond substituents is 2. The molecule has 0 amide bonds. The van der Waals surface area contributed by atoms with Crippen LogP contribution in [0.3, 0.4) is 0 Å². The number of hydrogen-bond donors (Lipinski definition) is 3. The van der Waals surface area contributed by atoms with Crippen LogP contribution in [0.25, 0.3) is 6.08 Å². The molecule has 0 aliphatic heterocycles. The summed E-state index contributed by atoms with van der Waals surface area (Å²) in [4.78, 5) is 25.9. The molecule has 0 bridgehead atoms.